The van der Waals surface area contributed by atoms with Crippen molar-refractivity contribution in [1.29, 1.82) is 0 Å². The maximum absolute atomic E-state index is 14.8. The summed E-state index contributed by atoms with van der Waals surface area (Å²) in [5, 5.41) is 13.0. The SMILES string of the molecule is COc1ccc(C2=CN(C(C)=O)C(C(C)C)C(=O)N2C(Cc2ccccc2)C(O)(NC(C)=O)C(F)(F)F)cc1OC. The van der Waals surface area contributed by atoms with Crippen molar-refractivity contribution in [2.75, 3.05) is 14.2 Å². The molecule has 3 atom stereocenters. The van der Waals surface area contributed by atoms with E-state index in [0.29, 0.717) is 11.3 Å². The van der Waals surface area contributed by atoms with Crippen molar-refractivity contribution in [2.45, 2.75) is 58.1 Å². The molecule has 2 N–H and O–H groups in total. The minimum Gasteiger partial charge on any atom is -0.493 e. The first-order valence-corrected chi connectivity index (χ1v) is 12.8. The Labute approximate surface area is 236 Å². The summed E-state index contributed by atoms with van der Waals surface area (Å²) in [6, 6.07) is 9.14. The molecule has 0 radical (unpaired) electrons. The Bertz CT molecular complexity index is 1310. The quantitative estimate of drug-likeness (QED) is 0.440. The number of methoxy groups -OCH3 is 2. The molecule has 222 valence electrons. The van der Waals surface area contributed by atoms with E-state index < -0.39 is 54.0 Å². The second kappa shape index (κ2) is 12.2. The lowest BCUT2D eigenvalue weighted by Gasteiger charge is -2.49. The molecule has 2 aromatic rings. The smallest absolute Gasteiger partial charge is 0.438 e. The number of benzene rings is 2. The van der Waals surface area contributed by atoms with Gasteiger partial charge in [0.1, 0.15) is 6.04 Å². The Balaban J connectivity index is 2.40. The molecule has 1 aliphatic rings. The molecular formula is C29H34F3N3O6. The maximum Gasteiger partial charge on any atom is 0.438 e. The van der Waals surface area contributed by atoms with Crippen molar-refractivity contribution in [2.24, 2.45) is 5.92 Å². The predicted molar refractivity (Wildman–Crippen MR) is 144 cm³/mol. The lowest BCUT2D eigenvalue weighted by molar-refractivity contribution is -0.287. The van der Waals surface area contributed by atoms with Crippen molar-refractivity contribution in [3.8, 4) is 11.5 Å². The summed E-state index contributed by atoms with van der Waals surface area (Å²) in [5.74, 6) is -2.52. The number of aliphatic hydroxyl groups is 1. The Morgan fingerprint density at radius 3 is 2.12 bits per heavy atom. The first-order valence-electron chi connectivity index (χ1n) is 12.8. The number of nitrogens with zero attached hydrogens (tertiary/aromatic N) is 2. The zero-order chi connectivity index (χ0) is 30.7. The van der Waals surface area contributed by atoms with Crippen LogP contribution in [0, 0.1) is 5.92 Å². The molecule has 9 nitrogen and oxygen atoms in total. The lowest BCUT2D eigenvalue weighted by atomic mass is 9.88. The summed E-state index contributed by atoms with van der Waals surface area (Å²) in [6.45, 7) is 5.39. The van der Waals surface area contributed by atoms with Gasteiger partial charge in [-0.3, -0.25) is 19.3 Å². The number of hydrogen-bond donors (Lipinski definition) is 2. The average molecular weight is 578 g/mol. The van der Waals surface area contributed by atoms with Gasteiger partial charge >= 0.3 is 6.18 Å². The van der Waals surface area contributed by atoms with Crippen LogP contribution in [-0.2, 0) is 20.8 Å². The third kappa shape index (κ3) is 6.32. The van der Waals surface area contributed by atoms with Crippen molar-refractivity contribution in [3.05, 3.63) is 65.9 Å². The standard InChI is InChI=1S/C29H34F3N3O6/c1-17(2)26-27(38)35(22(16-34(26)19(4)37)21-12-13-23(40-5)24(15-21)41-6)25(14-20-10-8-7-9-11-20)28(39,29(30,31)32)33-18(3)36/h7-13,15-17,25-26,39H,14H2,1-6H3,(H,33,36). The average Bonchev–Trinajstić information content (AvgIpc) is 2.90. The number of ether oxygens (including phenoxy) is 2. The van der Waals surface area contributed by atoms with Crippen LogP contribution in [0.1, 0.15) is 38.8 Å². The third-order valence-corrected chi connectivity index (χ3v) is 6.85. The largest absolute Gasteiger partial charge is 0.493 e. The molecule has 0 saturated carbocycles. The molecule has 41 heavy (non-hydrogen) atoms. The van der Waals surface area contributed by atoms with Crippen LogP contribution in [0.25, 0.3) is 5.70 Å². The van der Waals surface area contributed by atoms with Gasteiger partial charge in [-0.25, -0.2) is 0 Å². The van der Waals surface area contributed by atoms with Crippen LogP contribution < -0.4 is 14.8 Å². The Morgan fingerprint density at radius 2 is 1.63 bits per heavy atom. The monoisotopic (exact) mass is 577 g/mol. The molecule has 3 rings (SSSR count). The molecular weight excluding hydrogens is 543 g/mol. The van der Waals surface area contributed by atoms with Crippen LogP contribution >= 0.6 is 0 Å². The molecule has 0 aliphatic carbocycles. The first kappa shape index (κ1) is 31.5. The highest BCUT2D eigenvalue weighted by molar-refractivity contribution is 5.97. The fraction of sp³-hybridized carbons (Fsp3) is 0.414. The Morgan fingerprint density at radius 1 is 1.02 bits per heavy atom. The second-order valence-electron chi connectivity index (χ2n) is 10.1. The van der Waals surface area contributed by atoms with Crippen LogP contribution in [-0.4, -0.2) is 70.8 Å². The van der Waals surface area contributed by atoms with Crippen LogP contribution in [0.2, 0.25) is 0 Å². The normalized spacial score (nSPS) is 18.0. The number of nitrogens with one attached hydrogen (secondary N) is 1. The van der Waals surface area contributed by atoms with E-state index in [1.807, 2.05) is 0 Å². The van der Waals surface area contributed by atoms with E-state index in [9.17, 15) is 32.7 Å². The number of carbonyl (C=O) groups excluding carboxylic acids is 3. The Kier molecular flexibility index (Phi) is 9.37. The minimum atomic E-state index is -5.41. The van der Waals surface area contributed by atoms with Gasteiger partial charge < -0.3 is 24.8 Å². The fourth-order valence-electron chi connectivity index (χ4n) is 4.95. The van der Waals surface area contributed by atoms with Gasteiger partial charge in [0.25, 0.3) is 11.6 Å². The highest BCUT2D eigenvalue weighted by atomic mass is 19.4. The van der Waals surface area contributed by atoms with E-state index in [0.717, 1.165) is 11.8 Å². The summed E-state index contributed by atoms with van der Waals surface area (Å²) in [7, 11) is 2.78. The second-order valence-corrected chi connectivity index (χ2v) is 10.1. The third-order valence-electron chi connectivity index (χ3n) is 6.85. The number of amides is 3. The minimum absolute atomic E-state index is 0.114. The van der Waals surface area contributed by atoms with Crippen molar-refractivity contribution < 1.29 is 42.1 Å². The van der Waals surface area contributed by atoms with Gasteiger partial charge in [0.05, 0.1) is 26.0 Å². The van der Waals surface area contributed by atoms with Crippen LogP contribution in [0.15, 0.2) is 54.7 Å². The van der Waals surface area contributed by atoms with E-state index >= 15 is 0 Å². The Hall–Kier alpha value is -4.06. The number of hydrogen-bond acceptors (Lipinski definition) is 6. The van der Waals surface area contributed by atoms with Crippen LogP contribution in [0.5, 0.6) is 11.5 Å². The molecule has 0 saturated heterocycles. The van der Waals surface area contributed by atoms with Gasteiger partial charge in [0.2, 0.25) is 11.8 Å². The van der Waals surface area contributed by atoms with Crippen LogP contribution in [0.3, 0.4) is 0 Å². The first-order chi connectivity index (χ1) is 19.2. The zero-order valence-electron chi connectivity index (χ0n) is 23.7. The molecule has 0 bridgehead atoms. The molecule has 3 amide bonds. The van der Waals surface area contributed by atoms with Gasteiger partial charge in [-0.15, -0.1) is 0 Å². The lowest BCUT2D eigenvalue weighted by Crippen LogP contribution is -2.72. The number of halogens is 3. The maximum atomic E-state index is 14.8. The van der Waals surface area contributed by atoms with E-state index in [-0.39, 0.29) is 17.0 Å². The van der Waals surface area contributed by atoms with Crippen LogP contribution in [0.4, 0.5) is 13.2 Å². The van der Waals surface area contributed by atoms with E-state index in [1.54, 1.807) is 49.5 Å². The molecule has 0 aromatic heterocycles. The van der Waals surface area contributed by atoms with Gasteiger partial charge in [0, 0.05) is 25.6 Å². The van der Waals surface area contributed by atoms with Gasteiger partial charge in [-0.1, -0.05) is 44.2 Å². The molecule has 1 aliphatic heterocycles. The van der Waals surface area contributed by atoms with E-state index in [2.05, 4.69) is 0 Å². The van der Waals surface area contributed by atoms with E-state index in [1.165, 1.54) is 50.4 Å². The van der Waals surface area contributed by atoms with Crippen molar-refractivity contribution in [3.63, 3.8) is 0 Å². The molecule has 3 unspecified atom stereocenters. The number of rotatable bonds is 9. The van der Waals surface area contributed by atoms with Crippen molar-refractivity contribution in [1.82, 2.24) is 15.1 Å². The zero-order valence-corrected chi connectivity index (χ0v) is 23.7. The predicted octanol–water partition coefficient (Wildman–Crippen LogP) is 3.72. The van der Waals surface area contributed by atoms with Crippen molar-refractivity contribution >= 4 is 23.4 Å². The number of carbonyl (C=O) groups is 3. The topological polar surface area (TPSA) is 108 Å². The molecule has 2 aromatic carbocycles. The molecule has 0 fully saturated rings. The fourth-order valence-corrected chi connectivity index (χ4v) is 4.95. The van der Waals surface area contributed by atoms with E-state index in [4.69, 9.17) is 9.47 Å². The molecule has 1 heterocycles. The summed E-state index contributed by atoms with van der Waals surface area (Å²) < 4.78 is 55.0. The van der Waals surface area contributed by atoms with Gasteiger partial charge in [-0.2, -0.15) is 13.2 Å². The highest BCUT2D eigenvalue weighted by Crippen LogP contribution is 2.42. The number of alkyl halides is 3. The molecule has 0 spiro atoms. The summed E-state index contributed by atoms with van der Waals surface area (Å²) >= 11 is 0. The summed E-state index contributed by atoms with van der Waals surface area (Å²) in [5.41, 5.74) is -3.42. The van der Waals surface area contributed by atoms with Gasteiger partial charge in [-0.05, 0) is 36.1 Å². The summed E-state index contributed by atoms with van der Waals surface area (Å²) in [6.07, 6.45) is -4.62. The summed E-state index contributed by atoms with van der Waals surface area (Å²) in [4.78, 5) is 41.1. The van der Waals surface area contributed by atoms with Gasteiger partial charge in [0.15, 0.2) is 11.5 Å². The highest BCUT2D eigenvalue weighted by Gasteiger charge is 2.63. The molecule has 12 heteroatoms.